The quantitative estimate of drug-likeness (QED) is 0.851. The number of aromatic nitrogens is 1. The van der Waals surface area contributed by atoms with Crippen LogP contribution < -0.4 is 11.1 Å². The summed E-state index contributed by atoms with van der Waals surface area (Å²) in [6.07, 6.45) is 4.01. The lowest BCUT2D eigenvalue weighted by atomic mass is 10.1. The van der Waals surface area contributed by atoms with Gasteiger partial charge in [0.05, 0.1) is 23.7 Å². The molecular weight excluding hydrogens is 282 g/mol. The third-order valence-corrected chi connectivity index (χ3v) is 3.98. The lowest BCUT2D eigenvalue weighted by Gasteiger charge is -2.16. The standard InChI is InChI=1S/C16H17N3OS/c1-2-14(15-6-4-10-21-15)19-16(20)13-7-9-18-11-12(13)5-3-8-17/h4,6-7,9-11,14H,2,8,17H2,1H3,(H,19,20). The van der Waals surface area contributed by atoms with Gasteiger partial charge in [0.15, 0.2) is 0 Å². The van der Waals surface area contributed by atoms with Crippen LogP contribution in [-0.4, -0.2) is 17.4 Å². The molecule has 0 aromatic carbocycles. The number of thiophene rings is 1. The average molecular weight is 299 g/mol. The first kappa shape index (κ1) is 15.2. The average Bonchev–Trinajstić information content (AvgIpc) is 3.04. The molecule has 0 aliphatic heterocycles. The zero-order valence-electron chi connectivity index (χ0n) is 11.8. The van der Waals surface area contributed by atoms with E-state index in [-0.39, 0.29) is 18.5 Å². The largest absolute Gasteiger partial charge is 0.344 e. The molecule has 0 aliphatic carbocycles. The summed E-state index contributed by atoms with van der Waals surface area (Å²) in [5, 5.41) is 5.06. The third kappa shape index (κ3) is 3.91. The molecule has 0 saturated carbocycles. The van der Waals surface area contributed by atoms with E-state index in [0.717, 1.165) is 11.3 Å². The van der Waals surface area contributed by atoms with E-state index >= 15 is 0 Å². The Balaban J connectivity index is 2.20. The molecule has 0 aliphatic rings. The molecule has 0 fully saturated rings. The van der Waals surface area contributed by atoms with Gasteiger partial charge in [0.25, 0.3) is 5.91 Å². The van der Waals surface area contributed by atoms with Crippen molar-refractivity contribution in [2.45, 2.75) is 19.4 Å². The highest BCUT2D eigenvalue weighted by molar-refractivity contribution is 7.10. The molecule has 0 bridgehead atoms. The molecule has 0 saturated heterocycles. The lowest BCUT2D eigenvalue weighted by molar-refractivity contribution is 0.0936. The first-order chi connectivity index (χ1) is 10.3. The van der Waals surface area contributed by atoms with Gasteiger partial charge in [-0.3, -0.25) is 9.78 Å². The van der Waals surface area contributed by atoms with Gasteiger partial charge in [-0.05, 0) is 23.9 Å². The fourth-order valence-corrected chi connectivity index (χ4v) is 2.80. The van der Waals surface area contributed by atoms with E-state index in [2.05, 4.69) is 22.1 Å². The second kappa shape index (κ2) is 7.58. The Hall–Kier alpha value is -2.16. The first-order valence-corrected chi connectivity index (χ1v) is 7.61. The highest BCUT2D eigenvalue weighted by Crippen LogP contribution is 2.22. The maximum Gasteiger partial charge on any atom is 0.253 e. The summed E-state index contributed by atoms with van der Waals surface area (Å²) in [5.74, 6) is 5.50. The highest BCUT2D eigenvalue weighted by atomic mass is 32.1. The van der Waals surface area contributed by atoms with E-state index in [1.165, 1.54) is 0 Å². The van der Waals surface area contributed by atoms with Crippen molar-refractivity contribution in [2.24, 2.45) is 5.73 Å². The van der Waals surface area contributed by atoms with Gasteiger partial charge < -0.3 is 11.1 Å². The van der Waals surface area contributed by atoms with Gasteiger partial charge in [0.2, 0.25) is 0 Å². The van der Waals surface area contributed by atoms with Crippen LogP contribution in [0.4, 0.5) is 0 Å². The molecule has 1 unspecified atom stereocenters. The molecule has 0 radical (unpaired) electrons. The second-order valence-corrected chi connectivity index (χ2v) is 5.36. The predicted octanol–water partition coefficient (Wildman–Crippen LogP) is 2.33. The molecule has 0 spiro atoms. The summed E-state index contributed by atoms with van der Waals surface area (Å²) in [6, 6.07) is 5.71. The number of rotatable bonds is 4. The van der Waals surface area contributed by atoms with Crippen LogP contribution in [0.3, 0.4) is 0 Å². The Kier molecular flexibility index (Phi) is 5.50. The van der Waals surface area contributed by atoms with Crippen molar-refractivity contribution < 1.29 is 4.79 Å². The normalized spacial score (nSPS) is 11.3. The van der Waals surface area contributed by atoms with Gasteiger partial charge >= 0.3 is 0 Å². The van der Waals surface area contributed by atoms with Gasteiger partial charge in [-0.1, -0.05) is 24.8 Å². The number of carbonyl (C=O) groups excluding carboxylic acids is 1. The first-order valence-electron chi connectivity index (χ1n) is 6.73. The number of hydrogen-bond donors (Lipinski definition) is 2. The van der Waals surface area contributed by atoms with Crippen LogP contribution >= 0.6 is 11.3 Å². The van der Waals surface area contributed by atoms with Crippen molar-refractivity contribution in [3.8, 4) is 11.8 Å². The van der Waals surface area contributed by atoms with Crippen molar-refractivity contribution in [2.75, 3.05) is 6.54 Å². The minimum atomic E-state index is -0.140. The van der Waals surface area contributed by atoms with E-state index in [1.54, 1.807) is 29.8 Å². The Morgan fingerprint density at radius 3 is 3.05 bits per heavy atom. The van der Waals surface area contributed by atoms with E-state index in [1.807, 2.05) is 24.4 Å². The number of nitrogens with two attached hydrogens (primary N) is 1. The Labute approximate surface area is 128 Å². The maximum atomic E-state index is 12.5. The number of pyridine rings is 1. The number of nitrogens with one attached hydrogen (secondary N) is 1. The molecule has 1 atom stereocenters. The summed E-state index contributed by atoms with van der Waals surface area (Å²) >= 11 is 1.64. The fourth-order valence-electron chi connectivity index (χ4n) is 1.94. The SMILES string of the molecule is CCC(NC(=O)c1ccncc1C#CCN)c1cccs1. The minimum Gasteiger partial charge on any atom is -0.344 e. The summed E-state index contributed by atoms with van der Waals surface area (Å²) in [6.45, 7) is 2.30. The molecule has 2 aromatic heterocycles. The summed E-state index contributed by atoms with van der Waals surface area (Å²) in [7, 11) is 0. The van der Waals surface area contributed by atoms with E-state index in [0.29, 0.717) is 11.1 Å². The van der Waals surface area contributed by atoms with Gasteiger partial charge in [-0.2, -0.15) is 0 Å². The molecule has 3 N–H and O–H groups in total. The monoisotopic (exact) mass is 299 g/mol. The molecule has 21 heavy (non-hydrogen) atoms. The second-order valence-electron chi connectivity index (χ2n) is 4.38. The maximum absolute atomic E-state index is 12.5. The zero-order valence-corrected chi connectivity index (χ0v) is 12.6. The van der Waals surface area contributed by atoms with Crippen LogP contribution in [-0.2, 0) is 0 Å². The Morgan fingerprint density at radius 2 is 2.38 bits per heavy atom. The van der Waals surface area contributed by atoms with E-state index < -0.39 is 0 Å². The van der Waals surface area contributed by atoms with Gasteiger partial charge in [0.1, 0.15) is 0 Å². The van der Waals surface area contributed by atoms with Crippen LogP contribution in [0.15, 0.2) is 36.0 Å². The molecule has 108 valence electrons. The topological polar surface area (TPSA) is 68.0 Å². The number of amides is 1. The number of carbonyl (C=O) groups is 1. The van der Waals surface area contributed by atoms with Crippen molar-refractivity contribution in [3.63, 3.8) is 0 Å². The third-order valence-electron chi connectivity index (χ3n) is 2.99. The Morgan fingerprint density at radius 1 is 1.52 bits per heavy atom. The molecule has 5 heteroatoms. The van der Waals surface area contributed by atoms with Crippen LogP contribution in [0.1, 0.15) is 40.2 Å². The lowest BCUT2D eigenvalue weighted by Crippen LogP contribution is -2.28. The summed E-state index contributed by atoms with van der Waals surface area (Å²) in [5.41, 5.74) is 6.50. The molecule has 1 amide bonds. The van der Waals surface area contributed by atoms with Gasteiger partial charge in [0, 0.05) is 17.3 Å². The van der Waals surface area contributed by atoms with Gasteiger partial charge in [-0.15, -0.1) is 11.3 Å². The number of nitrogens with zero attached hydrogens (tertiary/aromatic N) is 1. The van der Waals surface area contributed by atoms with Crippen LogP contribution in [0.2, 0.25) is 0 Å². The van der Waals surface area contributed by atoms with Crippen LogP contribution in [0, 0.1) is 11.8 Å². The molecule has 4 nitrogen and oxygen atoms in total. The molecule has 2 aromatic rings. The van der Waals surface area contributed by atoms with Crippen molar-refractivity contribution in [1.82, 2.24) is 10.3 Å². The van der Waals surface area contributed by atoms with E-state index in [4.69, 9.17) is 5.73 Å². The molecule has 2 heterocycles. The van der Waals surface area contributed by atoms with Crippen molar-refractivity contribution in [3.05, 3.63) is 52.0 Å². The molecular formula is C16H17N3OS. The summed E-state index contributed by atoms with van der Waals surface area (Å²) < 4.78 is 0. The minimum absolute atomic E-state index is 0.0148. The van der Waals surface area contributed by atoms with Crippen molar-refractivity contribution >= 4 is 17.2 Å². The highest BCUT2D eigenvalue weighted by Gasteiger charge is 2.16. The summed E-state index contributed by atoms with van der Waals surface area (Å²) in [4.78, 5) is 17.6. The van der Waals surface area contributed by atoms with Crippen molar-refractivity contribution in [1.29, 1.82) is 0 Å². The van der Waals surface area contributed by atoms with Crippen LogP contribution in [0.25, 0.3) is 0 Å². The van der Waals surface area contributed by atoms with Gasteiger partial charge in [-0.25, -0.2) is 0 Å². The Bertz CT molecular complexity index is 656. The van der Waals surface area contributed by atoms with Crippen LogP contribution in [0.5, 0.6) is 0 Å². The zero-order chi connectivity index (χ0) is 15.1. The predicted molar refractivity (Wildman–Crippen MR) is 85.0 cm³/mol. The van der Waals surface area contributed by atoms with E-state index in [9.17, 15) is 4.79 Å². The smallest absolute Gasteiger partial charge is 0.253 e. The molecule has 2 rings (SSSR count). The fraction of sp³-hybridized carbons (Fsp3) is 0.250. The number of hydrogen-bond acceptors (Lipinski definition) is 4.